The Bertz CT molecular complexity index is 839. The molecule has 1 aliphatic carbocycles. The number of thiophene rings is 2. The van der Waals surface area contributed by atoms with Gasteiger partial charge in [0.2, 0.25) is 5.91 Å². The van der Waals surface area contributed by atoms with E-state index in [0.29, 0.717) is 10.6 Å². The number of amides is 2. The quantitative estimate of drug-likeness (QED) is 0.454. The Morgan fingerprint density at radius 3 is 2.85 bits per heavy atom. The molecule has 0 aliphatic heterocycles. The molecule has 4 nitrogen and oxygen atoms in total. The minimum Gasteiger partial charge on any atom is -0.365 e. The van der Waals surface area contributed by atoms with Crippen molar-refractivity contribution in [2.45, 2.75) is 44.9 Å². The molecule has 0 radical (unpaired) electrons. The van der Waals surface area contributed by atoms with Gasteiger partial charge in [0, 0.05) is 19.6 Å². The number of halogens is 1. The van der Waals surface area contributed by atoms with Gasteiger partial charge in [-0.15, -0.1) is 22.7 Å². The number of fused-ring (bicyclic) bond motifs is 1. The van der Waals surface area contributed by atoms with Crippen LogP contribution in [0.25, 0.3) is 0 Å². The molecule has 3 rings (SSSR count). The van der Waals surface area contributed by atoms with Crippen LogP contribution in [0, 0.1) is 0 Å². The number of carbonyl (C=O) groups is 2. The second-order valence-corrected chi connectivity index (χ2v) is 9.31. The molecule has 26 heavy (non-hydrogen) atoms. The normalized spacial score (nSPS) is 13.7. The van der Waals surface area contributed by atoms with Crippen LogP contribution in [0.3, 0.4) is 0 Å². The molecule has 2 heterocycles. The monoisotopic (exact) mass is 452 g/mol. The Hall–Kier alpha value is -1.44. The Balaban J connectivity index is 1.54. The van der Waals surface area contributed by atoms with Gasteiger partial charge in [0.15, 0.2) is 0 Å². The lowest BCUT2D eigenvalue weighted by atomic mass is 9.95. The van der Waals surface area contributed by atoms with Crippen molar-refractivity contribution in [3.05, 3.63) is 49.0 Å². The van der Waals surface area contributed by atoms with Crippen molar-refractivity contribution >= 4 is 55.4 Å². The number of hydrogen-bond donors (Lipinski definition) is 2. The highest BCUT2D eigenvalue weighted by Crippen LogP contribution is 2.37. The van der Waals surface area contributed by atoms with Crippen LogP contribution in [0.5, 0.6) is 0 Å². The summed E-state index contributed by atoms with van der Waals surface area (Å²) in [7, 11) is 0. The second kappa shape index (κ2) is 8.97. The molecule has 2 aromatic heterocycles. The first-order chi connectivity index (χ1) is 12.5. The van der Waals surface area contributed by atoms with Gasteiger partial charge < -0.3 is 11.1 Å². The third kappa shape index (κ3) is 4.84. The van der Waals surface area contributed by atoms with Gasteiger partial charge in [0.05, 0.1) is 5.56 Å². The molecule has 138 valence electrons. The maximum atomic E-state index is 12.2. The molecule has 7 heteroatoms. The van der Waals surface area contributed by atoms with Crippen LogP contribution in [0.2, 0.25) is 0 Å². The zero-order chi connectivity index (χ0) is 18.5. The maximum absolute atomic E-state index is 12.2. The number of allylic oxidation sites excluding steroid dienone is 1. The van der Waals surface area contributed by atoms with Crippen LogP contribution in [-0.2, 0) is 24.1 Å². The van der Waals surface area contributed by atoms with Crippen molar-refractivity contribution in [3.8, 4) is 0 Å². The average Bonchev–Trinajstić information content (AvgIpc) is 3.17. The van der Waals surface area contributed by atoms with Crippen molar-refractivity contribution < 1.29 is 9.59 Å². The zero-order valence-corrected chi connectivity index (χ0v) is 17.6. The molecule has 0 fully saturated rings. The Morgan fingerprint density at radius 1 is 1.31 bits per heavy atom. The summed E-state index contributed by atoms with van der Waals surface area (Å²) in [6.45, 7) is 0. The SMILES string of the molecule is NC(=O)c1c(NC(=O)/C=C/CCCc2cc(Br)cs2)sc2c1CCCC2. The molecule has 3 N–H and O–H groups in total. The Labute approximate surface area is 169 Å². The van der Waals surface area contributed by atoms with E-state index in [9.17, 15) is 9.59 Å². The van der Waals surface area contributed by atoms with E-state index in [1.807, 2.05) is 6.08 Å². The van der Waals surface area contributed by atoms with Gasteiger partial charge in [0.1, 0.15) is 5.00 Å². The summed E-state index contributed by atoms with van der Waals surface area (Å²) in [6.07, 6.45) is 10.3. The molecular formula is C19H21BrN2O2S2. The summed E-state index contributed by atoms with van der Waals surface area (Å²) < 4.78 is 1.12. The van der Waals surface area contributed by atoms with Gasteiger partial charge in [-0.2, -0.15) is 0 Å². The first-order valence-electron chi connectivity index (χ1n) is 8.69. The molecule has 0 saturated heterocycles. The molecule has 0 unspecified atom stereocenters. The molecule has 0 aromatic carbocycles. The third-order valence-electron chi connectivity index (χ3n) is 4.34. The number of nitrogens with one attached hydrogen (secondary N) is 1. The van der Waals surface area contributed by atoms with E-state index in [-0.39, 0.29) is 5.91 Å². The lowest BCUT2D eigenvalue weighted by molar-refractivity contribution is -0.111. The smallest absolute Gasteiger partial charge is 0.251 e. The van der Waals surface area contributed by atoms with E-state index in [2.05, 4.69) is 32.7 Å². The summed E-state index contributed by atoms with van der Waals surface area (Å²) in [6, 6.07) is 2.13. The fourth-order valence-corrected chi connectivity index (χ4v) is 5.93. The predicted octanol–water partition coefficient (Wildman–Crippen LogP) is 5.07. The van der Waals surface area contributed by atoms with Gasteiger partial charge in [0.25, 0.3) is 5.91 Å². The molecular weight excluding hydrogens is 432 g/mol. The summed E-state index contributed by atoms with van der Waals surface area (Å²) in [5, 5.41) is 5.53. The molecule has 0 saturated carbocycles. The lowest BCUT2D eigenvalue weighted by Crippen LogP contribution is -2.17. The molecule has 0 bridgehead atoms. The summed E-state index contributed by atoms with van der Waals surface area (Å²) in [4.78, 5) is 26.5. The first-order valence-corrected chi connectivity index (χ1v) is 11.2. The van der Waals surface area contributed by atoms with Crippen molar-refractivity contribution in [1.29, 1.82) is 0 Å². The van der Waals surface area contributed by atoms with Crippen LogP contribution in [0.15, 0.2) is 28.1 Å². The Kier molecular flexibility index (Phi) is 6.67. The number of carbonyl (C=O) groups excluding carboxylic acids is 2. The van der Waals surface area contributed by atoms with E-state index >= 15 is 0 Å². The highest BCUT2D eigenvalue weighted by Gasteiger charge is 2.24. The fraction of sp³-hybridized carbons (Fsp3) is 0.368. The van der Waals surface area contributed by atoms with Crippen LogP contribution >= 0.6 is 38.6 Å². The van der Waals surface area contributed by atoms with E-state index in [4.69, 9.17) is 5.73 Å². The second-order valence-electron chi connectivity index (χ2n) is 6.29. The highest BCUT2D eigenvalue weighted by molar-refractivity contribution is 9.10. The summed E-state index contributed by atoms with van der Waals surface area (Å²) >= 11 is 6.69. The molecule has 1 aliphatic rings. The van der Waals surface area contributed by atoms with Crippen molar-refractivity contribution in [1.82, 2.24) is 0 Å². The number of primary amides is 1. The molecule has 0 spiro atoms. The average molecular weight is 453 g/mol. The van der Waals surface area contributed by atoms with E-state index in [1.165, 1.54) is 21.1 Å². The van der Waals surface area contributed by atoms with E-state index in [1.54, 1.807) is 17.4 Å². The van der Waals surface area contributed by atoms with Crippen LogP contribution in [0.1, 0.15) is 51.4 Å². The zero-order valence-electron chi connectivity index (χ0n) is 14.3. The minimum absolute atomic E-state index is 0.204. The van der Waals surface area contributed by atoms with Crippen molar-refractivity contribution in [2.75, 3.05) is 5.32 Å². The maximum Gasteiger partial charge on any atom is 0.251 e. The van der Waals surface area contributed by atoms with Crippen LogP contribution in [0.4, 0.5) is 5.00 Å². The molecule has 2 aromatic rings. The Morgan fingerprint density at radius 2 is 2.12 bits per heavy atom. The van der Waals surface area contributed by atoms with Crippen LogP contribution < -0.4 is 11.1 Å². The summed E-state index contributed by atoms with van der Waals surface area (Å²) in [5.41, 5.74) is 7.10. The predicted molar refractivity (Wildman–Crippen MR) is 112 cm³/mol. The van der Waals surface area contributed by atoms with Gasteiger partial charge in [-0.25, -0.2) is 0 Å². The van der Waals surface area contributed by atoms with E-state index in [0.717, 1.165) is 55.0 Å². The minimum atomic E-state index is -0.453. The topological polar surface area (TPSA) is 72.2 Å². The fourth-order valence-electron chi connectivity index (χ4n) is 3.14. The number of nitrogens with two attached hydrogens (primary N) is 1. The van der Waals surface area contributed by atoms with Gasteiger partial charge in [-0.3, -0.25) is 9.59 Å². The van der Waals surface area contributed by atoms with Gasteiger partial charge in [-0.05, 0) is 78.6 Å². The van der Waals surface area contributed by atoms with Crippen molar-refractivity contribution in [2.24, 2.45) is 5.73 Å². The molecule has 0 atom stereocenters. The number of anilines is 1. The summed E-state index contributed by atoms with van der Waals surface area (Å²) in [5.74, 6) is -0.657. The van der Waals surface area contributed by atoms with Gasteiger partial charge in [-0.1, -0.05) is 6.08 Å². The molecule has 2 amide bonds. The lowest BCUT2D eigenvalue weighted by Gasteiger charge is -2.11. The number of unbranched alkanes of at least 4 members (excludes halogenated alkanes) is 1. The number of aryl methyl sites for hydroxylation is 2. The third-order valence-corrected chi connectivity index (χ3v) is 7.30. The van der Waals surface area contributed by atoms with Crippen molar-refractivity contribution in [3.63, 3.8) is 0 Å². The number of hydrogen-bond acceptors (Lipinski definition) is 4. The highest BCUT2D eigenvalue weighted by atomic mass is 79.9. The van der Waals surface area contributed by atoms with Crippen LogP contribution in [-0.4, -0.2) is 11.8 Å². The number of rotatable bonds is 7. The largest absolute Gasteiger partial charge is 0.365 e. The first kappa shape index (κ1) is 19.3. The van der Waals surface area contributed by atoms with E-state index < -0.39 is 5.91 Å². The standard InChI is InChI=1S/C19H21BrN2O2S2/c20-12-10-13(25-11-12)6-2-1-3-9-16(23)22-19-17(18(21)24)14-7-4-5-8-15(14)26-19/h3,9-11H,1-2,4-8H2,(H2,21,24)(H,22,23)/b9-3+. The van der Waals surface area contributed by atoms with Gasteiger partial charge >= 0.3 is 0 Å².